The van der Waals surface area contributed by atoms with Crippen molar-refractivity contribution in [1.82, 2.24) is 9.80 Å². The van der Waals surface area contributed by atoms with E-state index in [1.165, 1.54) is 44.3 Å². The van der Waals surface area contributed by atoms with Crippen LogP contribution in [0.2, 0.25) is 0 Å². The maximum absolute atomic E-state index is 5.65. The summed E-state index contributed by atoms with van der Waals surface area (Å²) >= 11 is 0. The van der Waals surface area contributed by atoms with Crippen molar-refractivity contribution in [3.8, 4) is 17.2 Å². The molecule has 0 radical (unpaired) electrons. The van der Waals surface area contributed by atoms with Gasteiger partial charge in [-0.2, -0.15) is 0 Å². The number of fused-ring (bicyclic) bond motifs is 2. The molecule has 26 heavy (non-hydrogen) atoms. The van der Waals surface area contributed by atoms with Crippen molar-refractivity contribution in [2.75, 3.05) is 47.5 Å². The summed E-state index contributed by atoms with van der Waals surface area (Å²) in [6.07, 6.45) is 5.90. The molecule has 5 nitrogen and oxygen atoms in total. The second-order valence-electron chi connectivity index (χ2n) is 8.05. The van der Waals surface area contributed by atoms with Crippen molar-refractivity contribution < 1.29 is 14.2 Å². The Kier molecular flexibility index (Phi) is 5.28. The molecule has 1 heterocycles. The molecule has 1 aromatic carbocycles. The minimum atomic E-state index is 0.688. The molecule has 2 aliphatic carbocycles. The molecule has 5 heteroatoms. The van der Waals surface area contributed by atoms with Crippen molar-refractivity contribution >= 4 is 0 Å². The van der Waals surface area contributed by atoms with Gasteiger partial charge >= 0.3 is 0 Å². The molecular weight excluding hydrogens is 328 g/mol. The van der Waals surface area contributed by atoms with Gasteiger partial charge in [-0.25, -0.2) is 0 Å². The monoisotopic (exact) mass is 360 g/mol. The third-order valence-corrected chi connectivity index (χ3v) is 6.76. The topological polar surface area (TPSA) is 34.2 Å². The maximum atomic E-state index is 5.65. The van der Waals surface area contributed by atoms with Gasteiger partial charge in [-0.1, -0.05) is 12.5 Å². The molecule has 3 fully saturated rings. The second-order valence-corrected chi connectivity index (χ2v) is 8.05. The van der Waals surface area contributed by atoms with Crippen LogP contribution < -0.4 is 14.2 Å². The van der Waals surface area contributed by atoms with Crippen LogP contribution in [0.15, 0.2) is 12.1 Å². The van der Waals surface area contributed by atoms with Crippen LogP contribution in [0.25, 0.3) is 0 Å². The molecule has 0 unspecified atom stereocenters. The Labute approximate surface area is 157 Å². The molecule has 1 aromatic rings. The first-order valence-electron chi connectivity index (χ1n) is 9.97. The largest absolute Gasteiger partial charge is 0.493 e. The lowest BCUT2D eigenvalue weighted by Gasteiger charge is -2.41. The smallest absolute Gasteiger partial charge is 0.203 e. The first-order valence-corrected chi connectivity index (χ1v) is 9.97. The standard InChI is InChI=1S/C21H32N2O3/c1-24-19-7-6-17(20(25-2)21(19)26-3)14-22-8-10-23(11-9-22)18-13-15-4-5-16(18)12-15/h6-7,15-16,18H,4-5,8-14H2,1-3H3/t15-,16-,18-/m1/s1. The zero-order valence-electron chi connectivity index (χ0n) is 16.4. The van der Waals surface area contributed by atoms with E-state index in [1.54, 1.807) is 21.3 Å². The number of methoxy groups -OCH3 is 3. The van der Waals surface area contributed by atoms with Gasteiger partial charge in [0.25, 0.3) is 0 Å². The van der Waals surface area contributed by atoms with Crippen molar-refractivity contribution in [1.29, 1.82) is 0 Å². The Morgan fingerprint density at radius 2 is 1.65 bits per heavy atom. The number of hydrogen-bond acceptors (Lipinski definition) is 5. The average molecular weight is 360 g/mol. The van der Waals surface area contributed by atoms with Gasteiger partial charge in [0, 0.05) is 44.3 Å². The van der Waals surface area contributed by atoms with Crippen molar-refractivity contribution in [2.24, 2.45) is 11.8 Å². The molecule has 0 spiro atoms. The summed E-state index contributed by atoms with van der Waals surface area (Å²) in [4.78, 5) is 5.31. The molecule has 2 saturated carbocycles. The van der Waals surface area contributed by atoms with Crippen LogP contribution in [0.5, 0.6) is 17.2 Å². The Balaban J connectivity index is 1.38. The molecular formula is C21H32N2O3. The molecule has 3 aliphatic rings. The normalized spacial score (nSPS) is 29.1. The second kappa shape index (κ2) is 7.65. The molecule has 0 N–H and O–H groups in total. The lowest BCUT2D eigenvalue weighted by molar-refractivity contribution is 0.0675. The quantitative estimate of drug-likeness (QED) is 0.779. The van der Waals surface area contributed by atoms with Crippen molar-refractivity contribution in [3.63, 3.8) is 0 Å². The van der Waals surface area contributed by atoms with E-state index in [9.17, 15) is 0 Å². The van der Waals surface area contributed by atoms with E-state index in [4.69, 9.17) is 14.2 Å². The van der Waals surface area contributed by atoms with Crippen LogP contribution in [0.1, 0.15) is 31.2 Å². The Hall–Kier alpha value is -1.46. The summed E-state index contributed by atoms with van der Waals surface area (Å²) < 4.78 is 16.6. The number of piperazine rings is 1. The van der Waals surface area contributed by atoms with Gasteiger partial charge in [0.05, 0.1) is 21.3 Å². The highest BCUT2D eigenvalue weighted by Gasteiger charge is 2.42. The predicted octanol–water partition coefficient (Wildman–Crippen LogP) is 3.02. The molecule has 2 bridgehead atoms. The Morgan fingerprint density at radius 3 is 2.23 bits per heavy atom. The minimum Gasteiger partial charge on any atom is -0.493 e. The van der Waals surface area contributed by atoms with Crippen LogP contribution in [-0.4, -0.2) is 63.4 Å². The SMILES string of the molecule is COc1ccc(CN2CCN([C@@H]3C[C@@H]4CC[C@@H]3C4)CC2)c(OC)c1OC. The lowest BCUT2D eigenvalue weighted by Crippen LogP contribution is -2.51. The zero-order chi connectivity index (χ0) is 18.1. The molecule has 1 aliphatic heterocycles. The Bertz CT molecular complexity index is 628. The summed E-state index contributed by atoms with van der Waals surface area (Å²) in [6, 6.07) is 4.94. The predicted molar refractivity (Wildman–Crippen MR) is 102 cm³/mol. The van der Waals surface area contributed by atoms with Crippen LogP contribution in [0.4, 0.5) is 0 Å². The molecule has 4 rings (SSSR count). The zero-order valence-corrected chi connectivity index (χ0v) is 16.4. The summed E-state index contributed by atoms with van der Waals surface area (Å²) in [5.41, 5.74) is 1.17. The highest BCUT2D eigenvalue weighted by molar-refractivity contribution is 5.55. The van der Waals surface area contributed by atoms with Gasteiger partial charge in [-0.15, -0.1) is 0 Å². The fourth-order valence-electron chi connectivity index (χ4n) is 5.44. The van der Waals surface area contributed by atoms with E-state index < -0.39 is 0 Å². The fourth-order valence-corrected chi connectivity index (χ4v) is 5.44. The summed E-state index contributed by atoms with van der Waals surface area (Å²) in [7, 11) is 5.03. The third kappa shape index (κ3) is 3.27. The van der Waals surface area contributed by atoms with E-state index in [2.05, 4.69) is 15.9 Å². The molecule has 3 atom stereocenters. The molecule has 0 amide bonds. The number of rotatable bonds is 6. The molecule has 144 valence electrons. The number of ether oxygens (including phenoxy) is 3. The van der Waals surface area contributed by atoms with Gasteiger partial charge in [0.1, 0.15) is 0 Å². The van der Waals surface area contributed by atoms with Crippen LogP contribution in [0, 0.1) is 11.8 Å². The number of benzene rings is 1. The van der Waals surface area contributed by atoms with Gasteiger partial charge in [0.15, 0.2) is 11.5 Å². The lowest BCUT2D eigenvalue weighted by atomic mass is 9.93. The van der Waals surface area contributed by atoms with Gasteiger partial charge < -0.3 is 14.2 Å². The number of hydrogen-bond donors (Lipinski definition) is 0. The first-order chi connectivity index (χ1) is 12.7. The molecule has 0 aromatic heterocycles. The van der Waals surface area contributed by atoms with E-state index in [0.29, 0.717) is 11.5 Å². The van der Waals surface area contributed by atoms with Crippen LogP contribution in [0.3, 0.4) is 0 Å². The van der Waals surface area contributed by atoms with Crippen molar-refractivity contribution in [2.45, 2.75) is 38.3 Å². The molecule has 1 saturated heterocycles. The Morgan fingerprint density at radius 1 is 0.885 bits per heavy atom. The van der Waals surface area contributed by atoms with Gasteiger partial charge in [0.2, 0.25) is 5.75 Å². The van der Waals surface area contributed by atoms with Crippen LogP contribution >= 0.6 is 0 Å². The highest BCUT2D eigenvalue weighted by Crippen LogP contribution is 2.47. The van der Waals surface area contributed by atoms with E-state index in [1.807, 2.05) is 6.07 Å². The van der Waals surface area contributed by atoms with E-state index in [-0.39, 0.29) is 0 Å². The van der Waals surface area contributed by atoms with Crippen LogP contribution in [-0.2, 0) is 6.54 Å². The van der Waals surface area contributed by atoms with E-state index >= 15 is 0 Å². The summed E-state index contributed by atoms with van der Waals surface area (Å²) in [5.74, 6) is 4.21. The van der Waals surface area contributed by atoms with Crippen molar-refractivity contribution in [3.05, 3.63) is 17.7 Å². The first kappa shape index (κ1) is 17.9. The van der Waals surface area contributed by atoms with E-state index in [0.717, 1.165) is 43.3 Å². The minimum absolute atomic E-state index is 0.688. The third-order valence-electron chi connectivity index (χ3n) is 6.76. The van der Waals surface area contributed by atoms with Gasteiger partial charge in [-0.05, 0) is 37.2 Å². The maximum Gasteiger partial charge on any atom is 0.203 e. The average Bonchev–Trinajstić information content (AvgIpc) is 3.31. The number of nitrogens with zero attached hydrogens (tertiary/aromatic N) is 2. The fraction of sp³-hybridized carbons (Fsp3) is 0.714. The summed E-state index contributed by atoms with van der Waals surface area (Å²) in [5, 5.41) is 0. The summed E-state index contributed by atoms with van der Waals surface area (Å²) in [6.45, 7) is 5.55. The highest BCUT2D eigenvalue weighted by atomic mass is 16.5. The van der Waals surface area contributed by atoms with Gasteiger partial charge in [-0.3, -0.25) is 9.80 Å².